The molecule has 2 aromatic heterocycles. The lowest BCUT2D eigenvalue weighted by Crippen LogP contribution is -2.40. The first-order valence-corrected chi connectivity index (χ1v) is 14.1. The molecule has 1 atom stereocenters. The first kappa shape index (κ1) is 25.8. The van der Waals surface area contributed by atoms with Crippen LogP contribution < -0.4 is 9.47 Å². The fourth-order valence-corrected chi connectivity index (χ4v) is 6.05. The highest BCUT2D eigenvalue weighted by molar-refractivity contribution is 5.97. The van der Waals surface area contributed by atoms with Crippen LogP contribution in [0.3, 0.4) is 0 Å². The van der Waals surface area contributed by atoms with Crippen molar-refractivity contribution in [2.45, 2.75) is 25.8 Å². The Labute approximate surface area is 242 Å². The predicted molar refractivity (Wildman–Crippen MR) is 159 cm³/mol. The molecule has 210 valence electrons. The molecule has 1 fully saturated rings. The smallest absolute Gasteiger partial charge is 0.326 e. The zero-order valence-corrected chi connectivity index (χ0v) is 23.1. The second-order valence-corrected chi connectivity index (χ2v) is 10.7. The Balaban J connectivity index is 1.16. The van der Waals surface area contributed by atoms with Gasteiger partial charge in [0.1, 0.15) is 24.9 Å². The summed E-state index contributed by atoms with van der Waals surface area (Å²) >= 11 is 0. The number of likely N-dealkylation sites (tertiary alicyclic amines) is 1. The van der Waals surface area contributed by atoms with Crippen LogP contribution in [0.2, 0.25) is 0 Å². The highest BCUT2D eigenvalue weighted by atomic mass is 16.6. The number of amides is 1. The van der Waals surface area contributed by atoms with Crippen molar-refractivity contribution in [1.29, 1.82) is 0 Å². The van der Waals surface area contributed by atoms with E-state index in [0.717, 1.165) is 56.2 Å². The third kappa shape index (κ3) is 4.45. The molecule has 0 radical (unpaired) electrons. The van der Waals surface area contributed by atoms with Gasteiger partial charge in [-0.2, -0.15) is 0 Å². The Kier molecular flexibility index (Phi) is 6.38. The average molecular weight is 560 g/mol. The maximum absolute atomic E-state index is 13.0. The van der Waals surface area contributed by atoms with Gasteiger partial charge in [-0.3, -0.25) is 9.20 Å². The first-order valence-electron chi connectivity index (χ1n) is 14.1. The number of pyridine rings is 1. The highest BCUT2D eigenvalue weighted by Gasteiger charge is 2.34. The number of fused-ring (bicyclic) bond motifs is 2. The SMILES string of the molecule is Cc1c(-c2ccc3c(c2)OCCO3)cccc1-c1ccn2c(-c3ccc(C(=O)N4CCC[C@H]4C(=O)O)cc3)cnc2c1. The highest BCUT2D eigenvalue weighted by Crippen LogP contribution is 2.38. The molecule has 0 saturated carbocycles. The van der Waals surface area contributed by atoms with E-state index in [4.69, 9.17) is 9.47 Å². The van der Waals surface area contributed by atoms with Crippen molar-refractivity contribution in [2.75, 3.05) is 19.8 Å². The van der Waals surface area contributed by atoms with Crippen LogP contribution in [-0.4, -0.2) is 57.1 Å². The van der Waals surface area contributed by atoms with Crippen LogP contribution in [0.5, 0.6) is 11.5 Å². The Morgan fingerprint density at radius 3 is 2.36 bits per heavy atom. The molecule has 8 heteroatoms. The van der Waals surface area contributed by atoms with E-state index in [1.807, 2.05) is 41.1 Å². The predicted octanol–water partition coefficient (Wildman–Crippen LogP) is 6.10. The summed E-state index contributed by atoms with van der Waals surface area (Å²) < 4.78 is 13.5. The number of benzene rings is 3. The molecular formula is C34H29N3O5. The largest absolute Gasteiger partial charge is 0.486 e. The maximum atomic E-state index is 13.0. The average Bonchev–Trinajstić information content (AvgIpc) is 3.68. The molecule has 7 rings (SSSR count). The van der Waals surface area contributed by atoms with Gasteiger partial charge in [0.05, 0.1) is 11.9 Å². The van der Waals surface area contributed by atoms with Gasteiger partial charge in [0.15, 0.2) is 11.5 Å². The number of rotatable bonds is 5. The van der Waals surface area contributed by atoms with Crippen LogP contribution in [0.1, 0.15) is 28.8 Å². The third-order valence-electron chi connectivity index (χ3n) is 8.24. The van der Waals surface area contributed by atoms with E-state index < -0.39 is 12.0 Å². The Morgan fingerprint density at radius 1 is 0.881 bits per heavy atom. The molecule has 8 nitrogen and oxygen atoms in total. The van der Waals surface area contributed by atoms with E-state index >= 15 is 0 Å². The van der Waals surface area contributed by atoms with Crippen molar-refractivity contribution < 1.29 is 24.2 Å². The van der Waals surface area contributed by atoms with Crippen molar-refractivity contribution in [3.8, 4) is 45.0 Å². The van der Waals surface area contributed by atoms with Crippen molar-refractivity contribution >= 4 is 17.5 Å². The van der Waals surface area contributed by atoms with E-state index in [1.54, 1.807) is 12.1 Å². The second kappa shape index (κ2) is 10.4. The number of carboxylic acid groups (broad SMARTS) is 1. The molecule has 4 heterocycles. The van der Waals surface area contributed by atoms with Crippen molar-refractivity contribution in [3.63, 3.8) is 0 Å². The van der Waals surface area contributed by atoms with Crippen molar-refractivity contribution in [2.24, 2.45) is 0 Å². The van der Waals surface area contributed by atoms with Crippen molar-refractivity contribution in [3.05, 3.63) is 96.3 Å². The summed E-state index contributed by atoms with van der Waals surface area (Å²) in [6.07, 6.45) is 5.04. The maximum Gasteiger partial charge on any atom is 0.326 e. The molecule has 1 saturated heterocycles. The van der Waals surface area contributed by atoms with Crippen LogP contribution in [0.15, 0.2) is 85.2 Å². The minimum atomic E-state index is -0.951. The minimum Gasteiger partial charge on any atom is -0.486 e. The van der Waals surface area contributed by atoms with Gasteiger partial charge in [0.2, 0.25) is 0 Å². The molecule has 0 spiro atoms. The van der Waals surface area contributed by atoms with Gasteiger partial charge < -0.3 is 19.5 Å². The second-order valence-electron chi connectivity index (χ2n) is 10.7. The number of ether oxygens (including phenoxy) is 2. The lowest BCUT2D eigenvalue weighted by Gasteiger charge is -2.21. The van der Waals surface area contributed by atoms with E-state index in [9.17, 15) is 14.7 Å². The summed E-state index contributed by atoms with van der Waals surface area (Å²) in [5.74, 6) is 0.350. The third-order valence-corrected chi connectivity index (χ3v) is 8.24. The first-order chi connectivity index (χ1) is 20.5. The number of carbonyl (C=O) groups excluding carboxylic acids is 1. The summed E-state index contributed by atoms with van der Waals surface area (Å²) in [5.41, 5.74) is 8.68. The Bertz CT molecular complexity index is 1840. The molecule has 42 heavy (non-hydrogen) atoms. The van der Waals surface area contributed by atoms with E-state index in [0.29, 0.717) is 38.2 Å². The minimum absolute atomic E-state index is 0.247. The summed E-state index contributed by atoms with van der Waals surface area (Å²) in [4.78, 5) is 30.7. The topological polar surface area (TPSA) is 93.4 Å². The normalized spacial score (nSPS) is 16.1. The van der Waals surface area contributed by atoms with Crippen molar-refractivity contribution in [1.82, 2.24) is 14.3 Å². The number of carbonyl (C=O) groups is 2. The number of aromatic nitrogens is 2. The van der Waals surface area contributed by atoms with Gasteiger partial charge in [0.25, 0.3) is 5.91 Å². The molecule has 2 aliphatic rings. The van der Waals surface area contributed by atoms with Gasteiger partial charge >= 0.3 is 5.97 Å². The molecule has 3 aromatic carbocycles. The summed E-state index contributed by atoms with van der Waals surface area (Å²) in [6, 6.07) is 23.1. The number of aliphatic carboxylic acids is 1. The van der Waals surface area contributed by atoms with Gasteiger partial charge in [-0.1, -0.05) is 36.4 Å². The van der Waals surface area contributed by atoms with Gasteiger partial charge in [0, 0.05) is 23.9 Å². The summed E-state index contributed by atoms with van der Waals surface area (Å²) in [7, 11) is 0. The Hall–Kier alpha value is -5.11. The van der Waals surface area contributed by atoms with E-state index in [2.05, 4.69) is 48.3 Å². The molecule has 2 aliphatic heterocycles. The van der Waals surface area contributed by atoms with E-state index in [-0.39, 0.29) is 5.91 Å². The van der Waals surface area contributed by atoms with Crippen LogP contribution >= 0.6 is 0 Å². The number of imidazole rings is 1. The molecule has 1 N–H and O–H groups in total. The molecule has 5 aromatic rings. The van der Waals surface area contributed by atoms with Gasteiger partial charge in [-0.05, 0) is 84.0 Å². The lowest BCUT2D eigenvalue weighted by atomic mass is 9.93. The number of carboxylic acids is 1. The summed E-state index contributed by atoms with van der Waals surface area (Å²) in [5, 5.41) is 9.45. The Morgan fingerprint density at radius 2 is 1.60 bits per heavy atom. The molecular weight excluding hydrogens is 530 g/mol. The monoisotopic (exact) mass is 559 g/mol. The quantitative estimate of drug-likeness (QED) is 0.280. The number of nitrogens with zero attached hydrogens (tertiary/aromatic N) is 3. The van der Waals surface area contributed by atoms with Gasteiger partial charge in [-0.15, -0.1) is 0 Å². The molecule has 1 amide bonds. The molecule has 0 bridgehead atoms. The van der Waals surface area contributed by atoms with Gasteiger partial charge in [-0.25, -0.2) is 9.78 Å². The van der Waals surface area contributed by atoms with Crippen LogP contribution in [0, 0.1) is 6.92 Å². The number of hydrogen-bond acceptors (Lipinski definition) is 5. The fourth-order valence-electron chi connectivity index (χ4n) is 6.05. The zero-order valence-electron chi connectivity index (χ0n) is 23.1. The standard InChI is InChI=1S/C34H29N3O5/c1-21-26(24-11-12-30-31(18-24)42-17-16-41-30)4-2-5-27(21)25-13-15-36-29(20-35-32(36)19-25)22-7-9-23(10-8-22)33(38)37-14-3-6-28(37)34(39)40/h2,4-5,7-13,15,18-20,28H,3,6,14,16-17H2,1H3,(H,39,40)/t28-/m0/s1. The number of hydrogen-bond donors (Lipinski definition) is 1. The van der Waals surface area contributed by atoms with Crippen LogP contribution in [0.4, 0.5) is 0 Å². The van der Waals surface area contributed by atoms with Crippen LogP contribution in [-0.2, 0) is 4.79 Å². The zero-order chi connectivity index (χ0) is 28.8. The lowest BCUT2D eigenvalue weighted by molar-refractivity contribution is -0.141. The van der Waals surface area contributed by atoms with Crippen LogP contribution in [0.25, 0.3) is 39.2 Å². The fraction of sp³-hybridized carbons (Fsp3) is 0.206. The van der Waals surface area contributed by atoms with E-state index in [1.165, 1.54) is 4.90 Å². The summed E-state index contributed by atoms with van der Waals surface area (Å²) in [6.45, 7) is 3.71. The molecule has 0 unspecified atom stereocenters. The molecule has 0 aliphatic carbocycles.